The molecule has 0 aliphatic carbocycles. The average molecular weight is 451 g/mol. The third kappa shape index (κ3) is 5.35. The number of likely N-dealkylation sites (N-methyl/N-ethyl adjacent to an activating group) is 1. The summed E-state index contributed by atoms with van der Waals surface area (Å²) in [7, 11) is 1.87. The molecule has 4 atom stereocenters. The monoisotopic (exact) mass is 451 g/mol. The van der Waals surface area contributed by atoms with Crippen molar-refractivity contribution in [1.29, 1.82) is 5.41 Å². The normalized spacial score (nSPS) is 27.7. The first-order valence-corrected chi connectivity index (χ1v) is 10.4. The Kier molecular flexibility index (Phi) is 8.01. The predicted molar refractivity (Wildman–Crippen MR) is 116 cm³/mol. The molecule has 0 aromatic carbocycles. The van der Waals surface area contributed by atoms with Crippen molar-refractivity contribution < 1.29 is 29.3 Å². The lowest BCUT2D eigenvalue weighted by molar-refractivity contribution is -0.0486. The summed E-state index contributed by atoms with van der Waals surface area (Å²) in [4.78, 5) is 32.0. The Labute approximate surface area is 185 Å². The van der Waals surface area contributed by atoms with Gasteiger partial charge in [0.2, 0.25) is 5.90 Å². The van der Waals surface area contributed by atoms with Crippen LogP contribution in [0.4, 0.5) is 4.79 Å². The summed E-state index contributed by atoms with van der Waals surface area (Å²) in [5, 5.41) is 32.6. The van der Waals surface area contributed by atoms with Gasteiger partial charge in [-0.25, -0.2) is 19.7 Å². The quantitative estimate of drug-likeness (QED) is 0.179. The summed E-state index contributed by atoms with van der Waals surface area (Å²) in [6.07, 6.45) is -1.67. The molecular formula is C19H29N7O6. The average Bonchev–Trinajstić information content (AvgIpc) is 3.22. The number of ether oxygens (including phenoxy) is 2. The molecule has 0 spiro atoms. The minimum atomic E-state index is -1.34. The maximum atomic E-state index is 12.4. The van der Waals surface area contributed by atoms with Gasteiger partial charge in [0.25, 0.3) is 0 Å². The van der Waals surface area contributed by atoms with Crippen molar-refractivity contribution in [3.05, 3.63) is 0 Å². The van der Waals surface area contributed by atoms with Gasteiger partial charge in [0.1, 0.15) is 31.3 Å². The van der Waals surface area contributed by atoms with E-state index in [9.17, 15) is 15.0 Å². The third-order valence-corrected chi connectivity index (χ3v) is 5.10. The zero-order chi connectivity index (χ0) is 23.3. The number of carbonyl (C=O) groups excluding carboxylic acids is 1. The molecule has 1 saturated heterocycles. The van der Waals surface area contributed by atoms with Gasteiger partial charge >= 0.3 is 6.03 Å². The molecule has 13 nitrogen and oxygen atoms in total. The van der Waals surface area contributed by atoms with Crippen LogP contribution < -0.4 is 0 Å². The van der Waals surface area contributed by atoms with Crippen LogP contribution in [0.25, 0.3) is 0 Å². The Morgan fingerprint density at radius 1 is 1.38 bits per heavy atom. The second kappa shape index (κ2) is 10.7. The Morgan fingerprint density at radius 3 is 2.91 bits per heavy atom. The number of unbranched alkanes of at least 4 members (excludes halogenated alkanes) is 1. The molecule has 0 aromatic heterocycles. The number of hydrogen-bond acceptors (Lipinski definition) is 10. The molecule has 3 N–H and O–H groups in total. The van der Waals surface area contributed by atoms with Crippen LogP contribution in [-0.2, 0) is 14.3 Å². The zero-order valence-electron chi connectivity index (χ0n) is 18.3. The number of amides is 2. The highest BCUT2D eigenvalue weighted by molar-refractivity contribution is 6.72. The number of aliphatic hydroxyl groups excluding tert-OH is 2. The zero-order valence-corrected chi connectivity index (χ0v) is 18.3. The number of aliphatic imine (C=N–C) groups is 3. The molecular weight excluding hydrogens is 422 g/mol. The maximum Gasteiger partial charge on any atom is 0.352 e. The number of fused-ring (bicyclic) bond motifs is 1. The fraction of sp³-hybridized carbons (Fsp3) is 0.684. The first-order valence-electron chi connectivity index (χ1n) is 10.4. The molecule has 0 saturated carbocycles. The number of nitrogens with zero attached hydrogens (tertiary/aromatic N) is 6. The molecule has 0 radical (unpaired) electrons. The number of hydrogen-bond donors (Lipinski definition) is 3. The van der Waals surface area contributed by atoms with Gasteiger partial charge in [-0.15, -0.1) is 0 Å². The van der Waals surface area contributed by atoms with Crippen molar-refractivity contribution in [2.24, 2.45) is 20.1 Å². The Balaban J connectivity index is 1.47. The van der Waals surface area contributed by atoms with Crippen molar-refractivity contribution in [2.75, 3.05) is 33.4 Å². The van der Waals surface area contributed by atoms with Gasteiger partial charge in [0.15, 0.2) is 23.6 Å². The lowest BCUT2D eigenvalue weighted by atomic mass is 10.1. The highest BCUT2D eigenvalue weighted by Gasteiger charge is 2.51. The van der Waals surface area contributed by atoms with Gasteiger partial charge in [-0.2, -0.15) is 4.99 Å². The first-order chi connectivity index (χ1) is 15.3. The molecule has 0 bridgehead atoms. The van der Waals surface area contributed by atoms with Crippen LogP contribution in [0.2, 0.25) is 0 Å². The number of amidine groups is 2. The Bertz CT molecular complexity index is 842. The van der Waals surface area contributed by atoms with E-state index >= 15 is 0 Å². The van der Waals surface area contributed by atoms with Crippen molar-refractivity contribution in [3.8, 4) is 0 Å². The topological polar surface area (TPSA) is 165 Å². The van der Waals surface area contributed by atoms with E-state index in [-0.39, 0.29) is 17.4 Å². The minimum Gasteiger partial charge on any atom is -0.479 e. The molecule has 1 fully saturated rings. The van der Waals surface area contributed by atoms with E-state index in [0.29, 0.717) is 32.2 Å². The molecule has 3 aliphatic heterocycles. The fourth-order valence-corrected chi connectivity index (χ4v) is 3.53. The fourth-order valence-electron chi connectivity index (χ4n) is 3.53. The molecule has 0 unspecified atom stereocenters. The van der Waals surface area contributed by atoms with Crippen LogP contribution in [-0.4, -0.2) is 114 Å². The molecule has 2 amide bonds. The van der Waals surface area contributed by atoms with Gasteiger partial charge in [0.05, 0.1) is 6.61 Å². The van der Waals surface area contributed by atoms with E-state index in [1.165, 1.54) is 0 Å². The Morgan fingerprint density at radius 2 is 2.16 bits per heavy atom. The molecule has 0 aromatic rings. The highest BCUT2D eigenvalue weighted by Crippen LogP contribution is 2.28. The highest BCUT2D eigenvalue weighted by atomic mass is 16.6. The summed E-state index contributed by atoms with van der Waals surface area (Å²) in [5.74, 6) is 0.378. The number of urea groups is 1. The molecule has 32 heavy (non-hydrogen) atoms. The summed E-state index contributed by atoms with van der Waals surface area (Å²) in [6, 6.07) is -0.721. The van der Waals surface area contributed by atoms with Crippen LogP contribution in [0.5, 0.6) is 0 Å². The van der Waals surface area contributed by atoms with E-state index in [4.69, 9.17) is 19.7 Å². The molecule has 3 heterocycles. The van der Waals surface area contributed by atoms with Gasteiger partial charge in [-0.3, -0.25) is 5.41 Å². The Hall–Kier alpha value is -2.74. The van der Waals surface area contributed by atoms with Gasteiger partial charge < -0.3 is 29.4 Å². The van der Waals surface area contributed by atoms with Crippen molar-refractivity contribution in [1.82, 2.24) is 9.80 Å². The lowest BCUT2D eigenvalue weighted by Gasteiger charge is -2.26. The first kappa shape index (κ1) is 23.9. The maximum absolute atomic E-state index is 12.4. The summed E-state index contributed by atoms with van der Waals surface area (Å²) >= 11 is 0. The van der Waals surface area contributed by atoms with Crippen LogP contribution in [0.3, 0.4) is 0 Å². The molecule has 176 valence electrons. The van der Waals surface area contributed by atoms with E-state index < -0.39 is 30.6 Å². The number of oxime groups is 1. The van der Waals surface area contributed by atoms with Crippen molar-refractivity contribution in [3.63, 3.8) is 0 Å². The third-order valence-electron chi connectivity index (χ3n) is 5.10. The molecule has 3 aliphatic rings. The largest absolute Gasteiger partial charge is 0.479 e. The van der Waals surface area contributed by atoms with Crippen LogP contribution >= 0.6 is 0 Å². The SMILES string of the molecule is CCOC(C)=NOCCCCN(C)C[C@H]1O[C@@H](N2C(=O)N=C3C(=N)N=CN=C32)[C@H](O)[C@@H]1O. The summed E-state index contributed by atoms with van der Waals surface area (Å²) in [5.41, 5.74) is 0.0198. The number of nitrogens with one attached hydrogen (secondary N) is 1. The van der Waals surface area contributed by atoms with Gasteiger partial charge in [-0.05, 0) is 33.4 Å². The van der Waals surface area contributed by atoms with E-state index in [0.717, 1.165) is 24.1 Å². The molecule has 3 rings (SSSR count). The van der Waals surface area contributed by atoms with Gasteiger partial charge in [0, 0.05) is 13.5 Å². The second-order valence-corrected chi connectivity index (χ2v) is 7.55. The number of carbonyl (C=O) groups is 1. The van der Waals surface area contributed by atoms with Gasteiger partial charge in [-0.1, -0.05) is 5.16 Å². The smallest absolute Gasteiger partial charge is 0.352 e. The van der Waals surface area contributed by atoms with E-state index in [1.807, 2.05) is 18.9 Å². The minimum absolute atomic E-state index is 0.0198. The van der Waals surface area contributed by atoms with Crippen LogP contribution in [0, 0.1) is 5.41 Å². The van der Waals surface area contributed by atoms with Crippen molar-refractivity contribution in [2.45, 2.75) is 51.2 Å². The summed E-state index contributed by atoms with van der Waals surface area (Å²) in [6.45, 7) is 5.66. The second-order valence-electron chi connectivity index (χ2n) is 7.55. The number of aliphatic hydroxyl groups is 2. The lowest BCUT2D eigenvalue weighted by Crippen LogP contribution is -2.49. The van der Waals surface area contributed by atoms with E-state index in [2.05, 4.69) is 20.1 Å². The van der Waals surface area contributed by atoms with E-state index in [1.54, 1.807) is 6.92 Å². The standard InChI is InChI=1S/C19H29N7O6/c1-4-30-11(2)24-31-8-6-5-7-25(3)9-12-14(27)15(28)18(32-12)26-17-13(23-19(26)29)16(20)21-10-22-17/h10,12,14-15,18,20,27-28H,4-9H2,1-3H3/t12-,14-,15-,18-/m1/s1. The number of rotatable bonds is 10. The van der Waals surface area contributed by atoms with Crippen molar-refractivity contribution >= 4 is 35.7 Å². The molecule has 13 heteroatoms. The van der Waals surface area contributed by atoms with Crippen LogP contribution in [0.15, 0.2) is 20.1 Å². The summed E-state index contributed by atoms with van der Waals surface area (Å²) < 4.78 is 11.0. The predicted octanol–water partition coefficient (Wildman–Crippen LogP) is -0.174. The van der Waals surface area contributed by atoms with Crippen LogP contribution in [0.1, 0.15) is 26.7 Å².